The Kier molecular flexibility index (Phi) is 9.44. The van der Waals surface area contributed by atoms with Gasteiger partial charge in [-0.25, -0.2) is 0 Å². The topological polar surface area (TPSA) is 110 Å². The quantitative estimate of drug-likeness (QED) is 0.160. The lowest BCUT2D eigenvalue weighted by Gasteiger charge is -2.12. The summed E-state index contributed by atoms with van der Waals surface area (Å²) in [5, 5.41) is 8.71. The summed E-state index contributed by atoms with van der Waals surface area (Å²) in [7, 11) is 1.51. The molecule has 3 amide bonds. The summed E-state index contributed by atoms with van der Waals surface area (Å²) in [4.78, 5) is 39.1. The second-order valence-electron chi connectivity index (χ2n) is 8.06. The minimum atomic E-state index is -0.538. The number of benzene rings is 3. The summed E-state index contributed by atoms with van der Waals surface area (Å²) in [6.45, 7) is 0. The van der Waals surface area contributed by atoms with E-state index < -0.39 is 11.8 Å². The first-order chi connectivity index (χ1) is 18.9. The van der Waals surface area contributed by atoms with Crippen LogP contribution in [0.5, 0.6) is 5.75 Å². The number of furan rings is 1. The van der Waals surface area contributed by atoms with Gasteiger partial charge in [-0.1, -0.05) is 35.9 Å². The standard InChI is InChI=1S/C29H24ClN3O5S/c1-37-26-13-12-20(30)15-24(26)32-27(34)18-39-23-11-5-9-21(16-23)31-29(36)25(17-22-10-6-14-38-22)33-28(35)19-7-3-2-4-8-19/h2-17H,18H2,1H3,(H,31,36)(H,32,34)(H,33,35)/b25-17-. The molecule has 1 aromatic heterocycles. The van der Waals surface area contributed by atoms with Crippen molar-refractivity contribution in [3.05, 3.63) is 113 Å². The van der Waals surface area contributed by atoms with Gasteiger partial charge in [0.1, 0.15) is 17.2 Å². The van der Waals surface area contributed by atoms with E-state index in [0.29, 0.717) is 33.5 Å². The van der Waals surface area contributed by atoms with Crippen LogP contribution in [0.2, 0.25) is 5.02 Å². The molecule has 0 fully saturated rings. The third-order valence-corrected chi connectivity index (χ3v) is 6.48. The molecule has 0 aliphatic heterocycles. The highest BCUT2D eigenvalue weighted by Gasteiger charge is 2.16. The van der Waals surface area contributed by atoms with Crippen LogP contribution < -0.4 is 20.7 Å². The average Bonchev–Trinajstić information content (AvgIpc) is 3.45. The number of halogens is 1. The predicted octanol–water partition coefficient (Wildman–Crippen LogP) is 6.08. The average molecular weight is 562 g/mol. The van der Waals surface area contributed by atoms with Crippen molar-refractivity contribution in [2.45, 2.75) is 4.90 Å². The molecule has 3 N–H and O–H groups in total. The number of methoxy groups -OCH3 is 1. The van der Waals surface area contributed by atoms with Crippen molar-refractivity contribution < 1.29 is 23.5 Å². The summed E-state index contributed by atoms with van der Waals surface area (Å²) in [5.74, 6) is -0.203. The number of carbonyl (C=O) groups excluding carboxylic acids is 3. The number of anilines is 2. The lowest BCUT2D eigenvalue weighted by molar-refractivity contribution is -0.114. The zero-order valence-corrected chi connectivity index (χ0v) is 22.3. The van der Waals surface area contributed by atoms with Crippen molar-refractivity contribution in [1.82, 2.24) is 5.32 Å². The van der Waals surface area contributed by atoms with Crippen LogP contribution in [0.25, 0.3) is 6.08 Å². The van der Waals surface area contributed by atoms with Gasteiger partial charge in [0.05, 0.1) is 24.8 Å². The van der Waals surface area contributed by atoms with Gasteiger partial charge in [-0.3, -0.25) is 14.4 Å². The number of amides is 3. The minimum Gasteiger partial charge on any atom is -0.495 e. The number of hydrogen-bond acceptors (Lipinski definition) is 6. The van der Waals surface area contributed by atoms with Gasteiger partial charge in [0.2, 0.25) is 5.91 Å². The van der Waals surface area contributed by atoms with Crippen molar-refractivity contribution in [3.8, 4) is 5.75 Å². The summed E-state index contributed by atoms with van der Waals surface area (Å²) < 4.78 is 10.6. The molecule has 39 heavy (non-hydrogen) atoms. The van der Waals surface area contributed by atoms with Crippen molar-refractivity contribution in [3.63, 3.8) is 0 Å². The van der Waals surface area contributed by atoms with Gasteiger partial charge < -0.3 is 25.1 Å². The van der Waals surface area contributed by atoms with Crippen molar-refractivity contribution >= 4 is 58.5 Å². The first-order valence-corrected chi connectivity index (χ1v) is 13.1. The Labute approximate surface area is 234 Å². The Balaban J connectivity index is 1.41. The highest BCUT2D eigenvalue weighted by atomic mass is 35.5. The molecule has 0 unspecified atom stereocenters. The number of rotatable bonds is 10. The van der Waals surface area contributed by atoms with Gasteiger partial charge in [-0.2, -0.15) is 0 Å². The molecule has 3 aromatic carbocycles. The van der Waals surface area contributed by atoms with Crippen LogP contribution >= 0.6 is 23.4 Å². The molecule has 4 aromatic rings. The van der Waals surface area contributed by atoms with E-state index in [9.17, 15) is 14.4 Å². The number of hydrogen-bond donors (Lipinski definition) is 3. The summed E-state index contributed by atoms with van der Waals surface area (Å²) >= 11 is 7.32. The molecule has 0 bridgehead atoms. The molecule has 0 saturated heterocycles. The van der Waals surface area contributed by atoms with E-state index >= 15 is 0 Å². The molecule has 10 heteroatoms. The largest absolute Gasteiger partial charge is 0.495 e. The van der Waals surface area contributed by atoms with Crippen LogP contribution in [0.4, 0.5) is 11.4 Å². The third kappa shape index (κ3) is 8.00. The minimum absolute atomic E-state index is 0.00621. The van der Waals surface area contributed by atoms with Gasteiger partial charge in [-0.05, 0) is 60.7 Å². The Morgan fingerprint density at radius 1 is 0.949 bits per heavy atom. The summed E-state index contributed by atoms with van der Waals surface area (Å²) in [5.41, 5.74) is 1.38. The van der Waals surface area contributed by atoms with Crippen LogP contribution in [-0.2, 0) is 9.59 Å². The number of thioether (sulfide) groups is 1. The van der Waals surface area contributed by atoms with Gasteiger partial charge in [0.25, 0.3) is 11.8 Å². The summed E-state index contributed by atoms with van der Waals surface area (Å²) in [6, 6.07) is 23.9. The van der Waals surface area contributed by atoms with Crippen LogP contribution in [-0.4, -0.2) is 30.6 Å². The molecular weight excluding hydrogens is 538 g/mol. The maximum Gasteiger partial charge on any atom is 0.272 e. The van der Waals surface area contributed by atoms with E-state index in [0.717, 1.165) is 4.90 Å². The van der Waals surface area contributed by atoms with Gasteiger partial charge in [0.15, 0.2) is 0 Å². The fraction of sp³-hybridized carbons (Fsp3) is 0.0690. The van der Waals surface area contributed by atoms with E-state index in [1.165, 1.54) is 31.2 Å². The lowest BCUT2D eigenvalue weighted by atomic mass is 10.2. The molecule has 0 saturated carbocycles. The van der Waals surface area contributed by atoms with Gasteiger partial charge in [0, 0.05) is 27.2 Å². The first-order valence-electron chi connectivity index (χ1n) is 11.7. The molecular formula is C29H24ClN3O5S. The Morgan fingerprint density at radius 3 is 2.51 bits per heavy atom. The molecule has 0 atom stereocenters. The first kappa shape index (κ1) is 27.6. The second-order valence-corrected chi connectivity index (χ2v) is 9.54. The Morgan fingerprint density at radius 2 is 1.77 bits per heavy atom. The van der Waals surface area contributed by atoms with Gasteiger partial charge in [-0.15, -0.1) is 11.8 Å². The highest BCUT2D eigenvalue weighted by Crippen LogP contribution is 2.28. The molecule has 0 spiro atoms. The smallest absolute Gasteiger partial charge is 0.272 e. The van der Waals surface area contributed by atoms with Crippen molar-refractivity contribution in [2.24, 2.45) is 0 Å². The Bertz CT molecular complexity index is 1490. The molecule has 0 radical (unpaired) electrons. The van der Waals surface area contributed by atoms with Crippen LogP contribution in [0.1, 0.15) is 16.1 Å². The molecule has 198 valence electrons. The zero-order valence-electron chi connectivity index (χ0n) is 20.8. The fourth-order valence-electron chi connectivity index (χ4n) is 3.43. The summed E-state index contributed by atoms with van der Waals surface area (Å²) in [6.07, 6.45) is 2.92. The molecule has 1 heterocycles. The number of carbonyl (C=O) groups is 3. The Hall–Kier alpha value is -4.47. The normalized spacial score (nSPS) is 11.0. The van der Waals surface area contributed by atoms with Crippen molar-refractivity contribution in [2.75, 3.05) is 23.5 Å². The SMILES string of the molecule is COc1ccc(Cl)cc1NC(=O)CSc1cccc(NC(=O)/C(=C/c2ccco2)NC(=O)c2ccccc2)c1. The van der Waals surface area contributed by atoms with E-state index in [4.69, 9.17) is 20.8 Å². The number of ether oxygens (including phenoxy) is 1. The van der Waals surface area contributed by atoms with E-state index in [2.05, 4.69) is 16.0 Å². The highest BCUT2D eigenvalue weighted by molar-refractivity contribution is 8.00. The van der Waals surface area contributed by atoms with Crippen LogP contribution in [0, 0.1) is 0 Å². The second kappa shape index (κ2) is 13.4. The van der Waals surface area contributed by atoms with Crippen LogP contribution in [0.15, 0.2) is 106 Å². The monoisotopic (exact) mass is 561 g/mol. The fourth-order valence-corrected chi connectivity index (χ4v) is 4.36. The van der Waals surface area contributed by atoms with E-state index in [1.807, 2.05) is 6.07 Å². The van der Waals surface area contributed by atoms with E-state index in [1.54, 1.807) is 78.9 Å². The maximum atomic E-state index is 13.1. The van der Waals surface area contributed by atoms with Gasteiger partial charge >= 0.3 is 0 Å². The van der Waals surface area contributed by atoms with Crippen LogP contribution in [0.3, 0.4) is 0 Å². The molecule has 4 rings (SSSR count). The number of nitrogens with one attached hydrogen (secondary N) is 3. The molecule has 8 nitrogen and oxygen atoms in total. The lowest BCUT2D eigenvalue weighted by Crippen LogP contribution is -2.30. The predicted molar refractivity (Wildman–Crippen MR) is 153 cm³/mol. The maximum absolute atomic E-state index is 13.1. The van der Waals surface area contributed by atoms with Crippen molar-refractivity contribution in [1.29, 1.82) is 0 Å². The molecule has 0 aliphatic rings. The zero-order chi connectivity index (χ0) is 27.6. The molecule has 0 aliphatic carbocycles. The third-order valence-electron chi connectivity index (χ3n) is 5.26. The van der Waals surface area contributed by atoms with E-state index in [-0.39, 0.29) is 17.4 Å².